The van der Waals surface area contributed by atoms with Crippen molar-refractivity contribution < 1.29 is 9.13 Å². The van der Waals surface area contributed by atoms with Crippen LogP contribution in [0.4, 0.5) is 4.39 Å². The van der Waals surface area contributed by atoms with Crippen LogP contribution in [0.1, 0.15) is 24.3 Å². The van der Waals surface area contributed by atoms with E-state index < -0.39 is 0 Å². The fourth-order valence-electron chi connectivity index (χ4n) is 1.84. The van der Waals surface area contributed by atoms with Crippen LogP contribution in [0.25, 0.3) is 0 Å². The second kappa shape index (κ2) is 4.41. The lowest BCUT2D eigenvalue weighted by atomic mass is 9.92. The minimum absolute atomic E-state index is 0.166. The average Bonchev–Trinajstić information content (AvgIpc) is 2.18. The first-order chi connectivity index (χ1) is 6.75. The van der Waals surface area contributed by atoms with Crippen molar-refractivity contribution in [2.45, 2.75) is 18.8 Å². The fourth-order valence-corrected chi connectivity index (χ4v) is 2.32. The molecule has 2 rings (SSSR count). The molecule has 0 amide bonds. The van der Waals surface area contributed by atoms with Crippen LogP contribution in [0.2, 0.25) is 0 Å². The van der Waals surface area contributed by atoms with Crippen molar-refractivity contribution >= 4 is 15.9 Å². The molecular formula is C11H12BrFO. The Morgan fingerprint density at radius 1 is 1.21 bits per heavy atom. The smallest absolute Gasteiger partial charge is 0.124 e. The standard InChI is InChI=1S/C11H12BrFO/c12-10-5-9(6-11(13)7-10)8-1-3-14-4-2-8/h5-8H,1-4H2. The summed E-state index contributed by atoms with van der Waals surface area (Å²) in [6.45, 7) is 1.58. The largest absolute Gasteiger partial charge is 0.381 e. The van der Waals surface area contributed by atoms with Gasteiger partial charge in [-0.2, -0.15) is 0 Å². The quantitative estimate of drug-likeness (QED) is 0.750. The van der Waals surface area contributed by atoms with E-state index in [1.165, 1.54) is 6.07 Å². The molecule has 0 radical (unpaired) electrons. The minimum atomic E-state index is -0.166. The fraction of sp³-hybridized carbons (Fsp3) is 0.455. The first-order valence-corrected chi connectivity index (χ1v) is 5.59. The van der Waals surface area contributed by atoms with E-state index in [0.717, 1.165) is 36.1 Å². The van der Waals surface area contributed by atoms with E-state index in [4.69, 9.17) is 4.74 Å². The molecule has 1 saturated heterocycles. The molecule has 1 fully saturated rings. The highest BCUT2D eigenvalue weighted by molar-refractivity contribution is 9.10. The lowest BCUT2D eigenvalue weighted by Gasteiger charge is -2.22. The van der Waals surface area contributed by atoms with E-state index in [1.54, 1.807) is 6.07 Å². The van der Waals surface area contributed by atoms with Crippen LogP contribution >= 0.6 is 15.9 Å². The van der Waals surface area contributed by atoms with Gasteiger partial charge in [-0.05, 0) is 42.5 Å². The normalized spacial score (nSPS) is 18.4. The molecule has 0 aromatic heterocycles. The van der Waals surface area contributed by atoms with Gasteiger partial charge >= 0.3 is 0 Å². The van der Waals surface area contributed by atoms with Crippen LogP contribution in [-0.4, -0.2) is 13.2 Å². The van der Waals surface area contributed by atoms with Gasteiger partial charge in [0.2, 0.25) is 0 Å². The van der Waals surface area contributed by atoms with Crippen molar-refractivity contribution in [1.29, 1.82) is 0 Å². The molecule has 1 nitrogen and oxygen atoms in total. The first-order valence-electron chi connectivity index (χ1n) is 4.79. The topological polar surface area (TPSA) is 9.23 Å². The van der Waals surface area contributed by atoms with Crippen LogP contribution < -0.4 is 0 Å². The maximum Gasteiger partial charge on any atom is 0.124 e. The summed E-state index contributed by atoms with van der Waals surface area (Å²) in [6.07, 6.45) is 1.99. The Labute approximate surface area is 91.4 Å². The Kier molecular flexibility index (Phi) is 3.19. The Morgan fingerprint density at radius 2 is 1.93 bits per heavy atom. The minimum Gasteiger partial charge on any atom is -0.381 e. The zero-order valence-corrected chi connectivity index (χ0v) is 9.39. The Bertz CT molecular complexity index is 301. The number of hydrogen-bond acceptors (Lipinski definition) is 1. The Hall–Kier alpha value is -0.410. The maximum absolute atomic E-state index is 13.1. The van der Waals surface area contributed by atoms with E-state index in [2.05, 4.69) is 15.9 Å². The summed E-state index contributed by atoms with van der Waals surface area (Å²) >= 11 is 3.31. The van der Waals surface area contributed by atoms with Crippen molar-refractivity contribution in [3.8, 4) is 0 Å². The summed E-state index contributed by atoms with van der Waals surface area (Å²) in [4.78, 5) is 0. The van der Waals surface area contributed by atoms with Crippen molar-refractivity contribution in [3.05, 3.63) is 34.1 Å². The molecule has 0 unspecified atom stereocenters. The zero-order chi connectivity index (χ0) is 9.97. The van der Waals surface area contributed by atoms with Crippen LogP contribution in [0.5, 0.6) is 0 Å². The number of benzene rings is 1. The molecule has 0 N–H and O–H groups in total. The van der Waals surface area contributed by atoms with Crippen LogP contribution in [0, 0.1) is 5.82 Å². The molecule has 0 aliphatic carbocycles. The number of rotatable bonds is 1. The van der Waals surface area contributed by atoms with Crippen LogP contribution in [-0.2, 0) is 4.74 Å². The average molecular weight is 259 g/mol. The van der Waals surface area contributed by atoms with Crippen LogP contribution in [0.15, 0.2) is 22.7 Å². The predicted molar refractivity (Wildman–Crippen MR) is 56.9 cm³/mol. The molecule has 1 heterocycles. The van der Waals surface area contributed by atoms with Gasteiger partial charge in [0.05, 0.1) is 0 Å². The monoisotopic (exact) mass is 258 g/mol. The maximum atomic E-state index is 13.1. The van der Waals surface area contributed by atoms with Crippen molar-refractivity contribution in [2.24, 2.45) is 0 Å². The van der Waals surface area contributed by atoms with Gasteiger partial charge in [-0.1, -0.05) is 15.9 Å². The van der Waals surface area contributed by atoms with Gasteiger partial charge in [-0.3, -0.25) is 0 Å². The van der Waals surface area contributed by atoms with Crippen molar-refractivity contribution in [3.63, 3.8) is 0 Å². The molecule has 0 saturated carbocycles. The first kappa shape index (κ1) is 10.1. The third kappa shape index (κ3) is 2.34. The molecule has 1 aromatic rings. The van der Waals surface area contributed by atoms with Gasteiger partial charge in [0, 0.05) is 17.7 Å². The molecule has 0 bridgehead atoms. The molecule has 1 aromatic carbocycles. The van der Waals surface area contributed by atoms with Crippen LogP contribution in [0.3, 0.4) is 0 Å². The summed E-state index contributed by atoms with van der Waals surface area (Å²) in [6, 6.07) is 5.11. The summed E-state index contributed by atoms with van der Waals surface area (Å²) in [7, 11) is 0. The van der Waals surface area contributed by atoms with E-state index in [9.17, 15) is 4.39 Å². The van der Waals surface area contributed by atoms with Gasteiger partial charge in [0.15, 0.2) is 0 Å². The van der Waals surface area contributed by atoms with E-state index in [-0.39, 0.29) is 5.82 Å². The summed E-state index contributed by atoms with van der Waals surface area (Å²) < 4.78 is 19.2. The lowest BCUT2D eigenvalue weighted by molar-refractivity contribution is 0.0852. The highest BCUT2D eigenvalue weighted by Crippen LogP contribution is 2.29. The van der Waals surface area contributed by atoms with Gasteiger partial charge in [-0.15, -0.1) is 0 Å². The van der Waals surface area contributed by atoms with E-state index in [0.29, 0.717) is 5.92 Å². The lowest BCUT2D eigenvalue weighted by Crippen LogP contribution is -2.14. The van der Waals surface area contributed by atoms with Crippen molar-refractivity contribution in [1.82, 2.24) is 0 Å². The van der Waals surface area contributed by atoms with Gasteiger partial charge in [0.25, 0.3) is 0 Å². The summed E-state index contributed by atoms with van der Waals surface area (Å²) in [5, 5.41) is 0. The van der Waals surface area contributed by atoms with E-state index in [1.807, 2.05) is 6.07 Å². The Morgan fingerprint density at radius 3 is 2.57 bits per heavy atom. The molecule has 76 valence electrons. The van der Waals surface area contributed by atoms with Gasteiger partial charge in [0.1, 0.15) is 5.82 Å². The molecule has 0 atom stereocenters. The van der Waals surface area contributed by atoms with Gasteiger partial charge in [-0.25, -0.2) is 4.39 Å². The summed E-state index contributed by atoms with van der Waals surface area (Å²) in [5.74, 6) is 0.289. The highest BCUT2D eigenvalue weighted by Gasteiger charge is 2.16. The van der Waals surface area contributed by atoms with Gasteiger partial charge < -0.3 is 4.74 Å². The molecule has 14 heavy (non-hydrogen) atoms. The summed E-state index contributed by atoms with van der Waals surface area (Å²) in [5.41, 5.74) is 1.08. The third-order valence-electron chi connectivity index (χ3n) is 2.58. The number of halogens is 2. The van der Waals surface area contributed by atoms with E-state index >= 15 is 0 Å². The Balaban J connectivity index is 2.21. The SMILES string of the molecule is Fc1cc(Br)cc(C2CCOCC2)c1. The molecule has 0 spiro atoms. The predicted octanol–water partition coefficient (Wildman–Crippen LogP) is 3.48. The molecular weight excluding hydrogens is 247 g/mol. The second-order valence-electron chi connectivity index (χ2n) is 3.59. The molecule has 1 aliphatic rings. The number of hydrogen-bond donors (Lipinski definition) is 0. The highest BCUT2D eigenvalue weighted by atomic mass is 79.9. The van der Waals surface area contributed by atoms with Crippen molar-refractivity contribution in [2.75, 3.05) is 13.2 Å². The number of ether oxygens (including phenoxy) is 1. The zero-order valence-electron chi connectivity index (χ0n) is 7.80. The second-order valence-corrected chi connectivity index (χ2v) is 4.51. The third-order valence-corrected chi connectivity index (χ3v) is 3.04. The molecule has 3 heteroatoms. The molecule has 1 aliphatic heterocycles.